The number of sulfonamides is 1. The number of aromatic nitrogens is 2. The van der Waals surface area contributed by atoms with Crippen molar-refractivity contribution in [1.82, 2.24) is 14.3 Å². The van der Waals surface area contributed by atoms with Crippen molar-refractivity contribution in [3.8, 4) is 10.7 Å². The van der Waals surface area contributed by atoms with E-state index in [0.29, 0.717) is 15.9 Å². The molecule has 0 radical (unpaired) electrons. The van der Waals surface area contributed by atoms with Gasteiger partial charge in [-0.15, -0.1) is 11.3 Å². The van der Waals surface area contributed by atoms with E-state index in [4.69, 9.17) is 0 Å². The van der Waals surface area contributed by atoms with Crippen molar-refractivity contribution in [2.45, 2.75) is 5.51 Å². The van der Waals surface area contributed by atoms with Gasteiger partial charge in [0.25, 0.3) is 0 Å². The Hall–Kier alpha value is -2.24. The molecule has 0 saturated carbocycles. The predicted molar refractivity (Wildman–Crippen MR) is 102 cm³/mol. The second kappa shape index (κ2) is 6.98. The van der Waals surface area contributed by atoms with E-state index in [1.54, 1.807) is 0 Å². The van der Waals surface area contributed by atoms with Gasteiger partial charge in [0.2, 0.25) is 0 Å². The van der Waals surface area contributed by atoms with Crippen molar-refractivity contribution in [2.24, 2.45) is 0 Å². The molecule has 0 unspecified atom stereocenters. The smallest absolute Gasteiger partial charge is 0.353 e. The second-order valence-corrected chi connectivity index (χ2v) is 9.08. The number of para-hydroxylation sites is 1. The quantitative estimate of drug-likeness (QED) is 0.640. The van der Waals surface area contributed by atoms with Crippen LogP contribution in [0.25, 0.3) is 21.6 Å². The standard InChI is InChI=1S/C17H15F3N4O2S2/c18-17(19,20)28(25,26)24-9-7-23(8-10-24)16-12-4-1-2-5-13(12)21-15(22-16)14-6-3-11-27-14/h1-6,11H,7-10H2. The minimum Gasteiger partial charge on any atom is -0.353 e. The number of nitrogens with zero attached hydrogens (tertiary/aromatic N) is 4. The van der Waals surface area contributed by atoms with Crippen LogP contribution in [0.5, 0.6) is 0 Å². The van der Waals surface area contributed by atoms with E-state index in [1.807, 2.05) is 46.7 Å². The maximum absolute atomic E-state index is 12.8. The van der Waals surface area contributed by atoms with E-state index >= 15 is 0 Å². The number of hydrogen-bond donors (Lipinski definition) is 0. The van der Waals surface area contributed by atoms with Crippen LogP contribution in [0.3, 0.4) is 0 Å². The topological polar surface area (TPSA) is 66.4 Å². The fourth-order valence-corrected chi connectivity index (χ4v) is 4.70. The normalized spacial score (nSPS) is 16.6. The molecule has 0 spiro atoms. The first kappa shape index (κ1) is 19.1. The highest BCUT2D eigenvalue weighted by Gasteiger charge is 2.50. The summed E-state index contributed by atoms with van der Waals surface area (Å²) in [5.74, 6) is 1.13. The first-order valence-corrected chi connectivity index (χ1v) is 10.7. The number of thiophene rings is 1. The average molecular weight is 428 g/mol. The summed E-state index contributed by atoms with van der Waals surface area (Å²) in [6.45, 7) is -0.288. The molecule has 0 atom stereocenters. The van der Waals surface area contributed by atoms with E-state index in [1.165, 1.54) is 11.3 Å². The average Bonchev–Trinajstić information content (AvgIpc) is 3.21. The Morgan fingerprint density at radius 3 is 2.32 bits per heavy atom. The molecule has 28 heavy (non-hydrogen) atoms. The monoisotopic (exact) mass is 428 g/mol. The number of anilines is 1. The highest BCUT2D eigenvalue weighted by atomic mass is 32.2. The summed E-state index contributed by atoms with van der Waals surface area (Å²) in [6, 6.07) is 11.2. The van der Waals surface area contributed by atoms with Crippen molar-refractivity contribution in [3.63, 3.8) is 0 Å². The zero-order valence-corrected chi connectivity index (χ0v) is 16.1. The van der Waals surface area contributed by atoms with Gasteiger partial charge in [-0.2, -0.15) is 17.5 Å². The highest BCUT2D eigenvalue weighted by molar-refractivity contribution is 7.90. The zero-order valence-electron chi connectivity index (χ0n) is 14.4. The largest absolute Gasteiger partial charge is 0.511 e. The van der Waals surface area contributed by atoms with Crippen LogP contribution in [0.2, 0.25) is 0 Å². The number of alkyl halides is 3. The number of halogens is 3. The third kappa shape index (κ3) is 3.33. The SMILES string of the molecule is O=S(=O)(N1CCN(c2nc(-c3cccs3)nc3ccccc23)CC1)C(F)(F)F. The first-order valence-electron chi connectivity index (χ1n) is 8.39. The summed E-state index contributed by atoms with van der Waals surface area (Å²) in [5, 5.41) is 2.68. The Balaban J connectivity index is 1.67. The van der Waals surface area contributed by atoms with Crippen molar-refractivity contribution in [1.29, 1.82) is 0 Å². The molecule has 0 N–H and O–H groups in total. The van der Waals surface area contributed by atoms with Gasteiger partial charge in [-0.05, 0) is 23.6 Å². The molecule has 11 heteroatoms. The minimum absolute atomic E-state index is 0.111. The number of fused-ring (bicyclic) bond motifs is 1. The van der Waals surface area contributed by atoms with Crippen molar-refractivity contribution >= 4 is 38.1 Å². The summed E-state index contributed by atoms with van der Waals surface area (Å²) in [6.07, 6.45) is 0. The molecule has 1 aliphatic heterocycles. The minimum atomic E-state index is -5.32. The lowest BCUT2D eigenvalue weighted by atomic mass is 10.2. The Morgan fingerprint density at radius 1 is 0.964 bits per heavy atom. The zero-order chi connectivity index (χ0) is 19.9. The molecule has 3 aromatic rings. The Bertz CT molecular complexity index is 1090. The van der Waals surface area contributed by atoms with Gasteiger partial charge in [-0.1, -0.05) is 18.2 Å². The van der Waals surface area contributed by atoms with E-state index in [-0.39, 0.29) is 26.2 Å². The maximum atomic E-state index is 12.8. The molecule has 6 nitrogen and oxygen atoms in total. The van der Waals surface area contributed by atoms with Crippen molar-refractivity contribution < 1.29 is 21.6 Å². The third-order valence-corrected chi connectivity index (χ3v) is 6.99. The van der Waals surface area contributed by atoms with Crippen LogP contribution in [0, 0.1) is 0 Å². The van der Waals surface area contributed by atoms with Gasteiger partial charge in [0.05, 0.1) is 10.4 Å². The van der Waals surface area contributed by atoms with Crippen LogP contribution in [0.1, 0.15) is 0 Å². The van der Waals surface area contributed by atoms with E-state index in [9.17, 15) is 21.6 Å². The Labute approximate surface area is 163 Å². The van der Waals surface area contributed by atoms with Crippen molar-refractivity contribution in [2.75, 3.05) is 31.1 Å². The molecule has 3 heterocycles. The fraction of sp³-hybridized carbons (Fsp3) is 0.294. The lowest BCUT2D eigenvalue weighted by Gasteiger charge is -2.35. The number of benzene rings is 1. The summed E-state index contributed by atoms with van der Waals surface area (Å²) in [4.78, 5) is 11.9. The van der Waals surface area contributed by atoms with Gasteiger partial charge in [0.1, 0.15) is 5.82 Å². The predicted octanol–water partition coefficient (Wildman–Crippen LogP) is 3.33. The molecule has 0 amide bonds. The van der Waals surface area contributed by atoms with E-state index in [2.05, 4.69) is 9.97 Å². The molecule has 148 valence electrons. The first-order chi connectivity index (χ1) is 13.3. The van der Waals surface area contributed by atoms with Crippen LogP contribution >= 0.6 is 11.3 Å². The van der Waals surface area contributed by atoms with Gasteiger partial charge in [0, 0.05) is 31.6 Å². The number of hydrogen-bond acceptors (Lipinski definition) is 6. The van der Waals surface area contributed by atoms with E-state index in [0.717, 1.165) is 15.8 Å². The summed E-state index contributed by atoms with van der Waals surface area (Å²) >= 11 is 1.49. The summed E-state index contributed by atoms with van der Waals surface area (Å²) in [7, 11) is -5.32. The van der Waals surface area contributed by atoms with Crippen LogP contribution in [0.15, 0.2) is 41.8 Å². The van der Waals surface area contributed by atoms with Crippen LogP contribution in [0.4, 0.5) is 19.0 Å². The van der Waals surface area contributed by atoms with E-state index < -0.39 is 15.5 Å². The van der Waals surface area contributed by atoms with Crippen LogP contribution in [-0.2, 0) is 10.0 Å². The van der Waals surface area contributed by atoms with Crippen LogP contribution < -0.4 is 4.90 Å². The second-order valence-electron chi connectivity index (χ2n) is 6.20. The van der Waals surface area contributed by atoms with Gasteiger partial charge >= 0.3 is 15.5 Å². The molecule has 4 rings (SSSR count). The molecule has 1 aromatic carbocycles. The van der Waals surface area contributed by atoms with Gasteiger partial charge in [-0.25, -0.2) is 18.4 Å². The van der Waals surface area contributed by atoms with Gasteiger partial charge in [-0.3, -0.25) is 0 Å². The molecule has 1 saturated heterocycles. The Morgan fingerprint density at radius 2 is 1.68 bits per heavy atom. The number of rotatable bonds is 3. The lowest BCUT2D eigenvalue weighted by molar-refractivity contribution is -0.0490. The third-order valence-electron chi connectivity index (χ3n) is 4.50. The summed E-state index contributed by atoms with van der Waals surface area (Å²) < 4.78 is 62.1. The fourth-order valence-electron chi connectivity index (χ4n) is 3.10. The maximum Gasteiger partial charge on any atom is 0.511 e. The number of piperazine rings is 1. The molecule has 1 aliphatic rings. The molecule has 1 fully saturated rings. The molecule has 2 aromatic heterocycles. The molecular weight excluding hydrogens is 413 g/mol. The van der Waals surface area contributed by atoms with Crippen molar-refractivity contribution in [3.05, 3.63) is 41.8 Å². The highest BCUT2D eigenvalue weighted by Crippen LogP contribution is 2.32. The van der Waals surface area contributed by atoms with Crippen LogP contribution in [-0.4, -0.2) is 54.4 Å². The molecule has 0 aliphatic carbocycles. The van der Waals surface area contributed by atoms with Gasteiger partial charge < -0.3 is 4.90 Å². The molecule has 0 bridgehead atoms. The molecular formula is C17H15F3N4O2S2. The van der Waals surface area contributed by atoms with Gasteiger partial charge in [0.15, 0.2) is 5.82 Å². The summed E-state index contributed by atoms with van der Waals surface area (Å²) in [5.41, 5.74) is -4.57. The lowest BCUT2D eigenvalue weighted by Crippen LogP contribution is -2.52. The Kier molecular flexibility index (Phi) is 4.76.